The second kappa shape index (κ2) is 6.28. The lowest BCUT2D eigenvalue weighted by Crippen LogP contribution is -2.11. The molecule has 0 saturated carbocycles. The van der Waals surface area contributed by atoms with E-state index in [1.54, 1.807) is 19.1 Å². The largest absolute Gasteiger partial charge is 0.491 e. The van der Waals surface area contributed by atoms with Crippen molar-refractivity contribution >= 4 is 5.78 Å². The fraction of sp³-hybridized carbons (Fsp3) is 0.462. The molecule has 0 bridgehead atoms. The number of carbonyl (C=O) groups excluding carboxylic acids is 1. The van der Waals surface area contributed by atoms with Crippen LogP contribution in [0.2, 0.25) is 0 Å². The molecule has 0 aliphatic heterocycles. The van der Waals surface area contributed by atoms with Gasteiger partial charge in [0.1, 0.15) is 12.4 Å². The van der Waals surface area contributed by atoms with Gasteiger partial charge >= 0.3 is 0 Å². The average Bonchev–Trinajstić information content (AvgIpc) is 2.24. The van der Waals surface area contributed by atoms with E-state index in [0.717, 1.165) is 0 Å². The lowest BCUT2D eigenvalue weighted by molar-refractivity contribution is 0.0552. The Morgan fingerprint density at radius 3 is 2.69 bits per heavy atom. The van der Waals surface area contributed by atoms with E-state index >= 15 is 0 Å². The van der Waals surface area contributed by atoms with Gasteiger partial charge in [-0.05, 0) is 32.9 Å². The summed E-state index contributed by atoms with van der Waals surface area (Å²) in [6.07, 6.45) is 0.215. The van der Waals surface area contributed by atoms with Crippen molar-refractivity contribution in [3.63, 3.8) is 0 Å². The van der Waals surface area contributed by atoms with Crippen LogP contribution >= 0.6 is 0 Å². The van der Waals surface area contributed by atoms with Crippen LogP contribution in [0.1, 0.15) is 31.1 Å². The monoisotopic (exact) mass is 222 g/mol. The fourth-order valence-electron chi connectivity index (χ4n) is 1.25. The molecule has 0 atom stereocenters. The third kappa shape index (κ3) is 4.45. The normalized spacial score (nSPS) is 10.5. The summed E-state index contributed by atoms with van der Waals surface area (Å²) < 4.78 is 10.8. The molecule has 0 N–H and O–H groups in total. The number of hydrogen-bond donors (Lipinski definition) is 0. The first-order valence-corrected chi connectivity index (χ1v) is 5.45. The molecule has 16 heavy (non-hydrogen) atoms. The smallest absolute Gasteiger partial charge is 0.159 e. The Bertz CT molecular complexity index is 345. The Labute approximate surface area is 96.4 Å². The zero-order valence-corrected chi connectivity index (χ0v) is 10.0. The SMILES string of the molecule is CC(=O)c1cccc(OCCOC(C)C)c1. The van der Waals surface area contributed by atoms with E-state index in [1.165, 1.54) is 0 Å². The lowest BCUT2D eigenvalue weighted by Gasteiger charge is -2.09. The number of rotatable bonds is 6. The van der Waals surface area contributed by atoms with Gasteiger partial charge in [0.05, 0.1) is 12.7 Å². The summed E-state index contributed by atoms with van der Waals surface area (Å²) in [5, 5.41) is 0. The topological polar surface area (TPSA) is 35.5 Å². The van der Waals surface area contributed by atoms with Crippen molar-refractivity contribution in [3.05, 3.63) is 29.8 Å². The minimum Gasteiger partial charge on any atom is -0.491 e. The molecular formula is C13H18O3. The van der Waals surface area contributed by atoms with Gasteiger partial charge in [-0.1, -0.05) is 12.1 Å². The van der Waals surface area contributed by atoms with Crippen molar-refractivity contribution in [1.29, 1.82) is 0 Å². The van der Waals surface area contributed by atoms with Gasteiger partial charge in [-0.3, -0.25) is 4.79 Å². The van der Waals surface area contributed by atoms with Crippen molar-refractivity contribution in [3.8, 4) is 5.75 Å². The van der Waals surface area contributed by atoms with Gasteiger partial charge in [-0.2, -0.15) is 0 Å². The number of benzene rings is 1. The molecule has 88 valence electrons. The summed E-state index contributed by atoms with van der Waals surface area (Å²) in [6.45, 7) is 6.56. The molecule has 1 rings (SSSR count). The zero-order chi connectivity index (χ0) is 12.0. The predicted molar refractivity (Wildman–Crippen MR) is 63.0 cm³/mol. The van der Waals surface area contributed by atoms with Crippen molar-refractivity contribution in [2.75, 3.05) is 13.2 Å². The highest BCUT2D eigenvalue weighted by Gasteiger charge is 2.01. The molecule has 0 aliphatic rings. The van der Waals surface area contributed by atoms with Crippen LogP contribution in [0.4, 0.5) is 0 Å². The van der Waals surface area contributed by atoms with Crippen molar-refractivity contribution < 1.29 is 14.3 Å². The number of hydrogen-bond acceptors (Lipinski definition) is 3. The molecule has 0 heterocycles. The third-order valence-electron chi connectivity index (χ3n) is 2.04. The summed E-state index contributed by atoms with van der Waals surface area (Å²) in [5.41, 5.74) is 0.669. The Balaban J connectivity index is 2.42. The molecule has 0 aliphatic carbocycles. The standard InChI is InChI=1S/C13H18O3/c1-10(2)15-7-8-16-13-6-4-5-12(9-13)11(3)14/h4-6,9-10H,7-8H2,1-3H3. The molecular weight excluding hydrogens is 204 g/mol. The van der Waals surface area contributed by atoms with Crippen LogP contribution in [-0.4, -0.2) is 25.1 Å². The van der Waals surface area contributed by atoms with Crippen LogP contribution in [0, 0.1) is 0 Å². The number of Topliss-reactive ketones (excluding diaryl/α,β-unsaturated/α-hetero) is 1. The van der Waals surface area contributed by atoms with E-state index in [9.17, 15) is 4.79 Å². The van der Waals surface area contributed by atoms with Crippen molar-refractivity contribution in [1.82, 2.24) is 0 Å². The second-order valence-electron chi connectivity index (χ2n) is 3.85. The van der Waals surface area contributed by atoms with E-state index in [0.29, 0.717) is 24.5 Å². The fourth-order valence-corrected chi connectivity index (χ4v) is 1.25. The molecule has 0 unspecified atom stereocenters. The molecule has 1 aromatic rings. The molecule has 3 nitrogen and oxygen atoms in total. The first-order chi connectivity index (χ1) is 7.59. The molecule has 0 spiro atoms. The second-order valence-corrected chi connectivity index (χ2v) is 3.85. The van der Waals surface area contributed by atoms with Crippen molar-refractivity contribution in [2.24, 2.45) is 0 Å². The average molecular weight is 222 g/mol. The summed E-state index contributed by atoms with van der Waals surface area (Å²) in [5.74, 6) is 0.754. The van der Waals surface area contributed by atoms with Crippen LogP contribution in [0.3, 0.4) is 0 Å². The van der Waals surface area contributed by atoms with Gasteiger partial charge in [-0.15, -0.1) is 0 Å². The van der Waals surface area contributed by atoms with Gasteiger partial charge in [0, 0.05) is 5.56 Å². The minimum absolute atomic E-state index is 0.0453. The van der Waals surface area contributed by atoms with Crippen LogP contribution in [-0.2, 0) is 4.74 Å². The van der Waals surface area contributed by atoms with Crippen LogP contribution in [0.15, 0.2) is 24.3 Å². The number of ketones is 1. The molecule has 3 heteroatoms. The van der Waals surface area contributed by atoms with Crippen LogP contribution in [0.25, 0.3) is 0 Å². The van der Waals surface area contributed by atoms with Gasteiger partial charge in [0.25, 0.3) is 0 Å². The molecule has 0 saturated heterocycles. The summed E-state index contributed by atoms with van der Waals surface area (Å²) in [6, 6.07) is 7.18. The molecule has 0 radical (unpaired) electrons. The van der Waals surface area contributed by atoms with E-state index in [2.05, 4.69) is 0 Å². The van der Waals surface area contributed by atoms with Gasteiger partial charge in [-0.25, -0.2) is 0 Å². The maximum atomic E-state index is 11.1. The summed E-state index contributed by atoms with van der Waals surface area (Å²) >= 11 is 0. The Kier molecular flexibility index (Phi) is 4.99. The van der Waals surface area contributed by atoms with Crippen LogP contribution in [0.5, 0.6) is 5.75 Å². The van der Waals surface area contributed by atoms with E-state index in [-0.39, 0.29) is 11.9 Å². The molecule has 0 amide bonds. The maximum absolute atomic E-state index is 11.1. The quantitative estimate of drug-likeness (QED) is 0.548. The first-order valence-electron chi connectivity index (χ1n) is 5.45. The zero-order valence-electron chi connectivity index (χ0n) is 10.0. The molecule has 0 aromatic heterocycles. The maximum Gasteiger partial charge on any atom is 0.159 e. The highest BCUT2D eigenvalue weighted by Crippen LogP contribution is 2.13. The third-order valence-corrected chi connectivity index (χ3v) is 2.04. The minimum atomic E-state index is 0.0453. The Morgan fingerprint density at radius 2 is 2.06 bits per heavy atom. The summed E-state index contributed by atoms with van der Waals surface area (Å²) in [4.78, 5) is 11.1. The predicted octanol–water partition coefficient (Wildman–Crippen LogP) is 2.69. The molecule has 0 fully saturated rings. The number of carbonyl (C=O) groups is 1. The highest BCUT2D eigenvalue weighted by molar-refractivity contribution is 5.94. The van der Waals surface area contributed by atoms with E-state index in [4.69, 9.17) is 9.47 Å². The first kappa shape index (κ1) is 12.7. The van der Waals surface area contributed by atoms with Gasteiger partial charge in [0.15, 0.2) is 5.78 Å². The Hall–Kier alpha value is -1.35. The van der Waals surface area contributed by atoms with E-state index in [1.807, 2.05) is 26.0 Å². The van der Waals surface area contributed by atoms with Gasteiger partial charge in [0.2, 0.25) is 0 Å². The number of ether oxygens (including phenoxy) is 2. The Morgan fingerprint density at radius 1 is 1.31 bits per heavy atom. The lowest BCUT2D eigenvalue weighted by atomic mass is 10.1. The van der Waals surface area contributed by atoms with E-state index < -0.39 is 0 Å². The molecule has 1 aromatic carbocycles. The van der Waals surface area contributed by atoms with Crippen molar-refractivity contribution in [2.45, 2.75) is 26.9 Å². The summed E-state index contributed by atoms with van der Waals surface area (Å²) in [7, 11) is 0. The van der Waals surface area contributed by atoms with Gasteiger partial charge < -0.3 is 9.47 Å². The van der Waals surface area contributed by atoms with Crippen LogP contribution < -0.4 is 4.74 Å². The highest BCUT2D eigenvalue weighted by atomic mass is 16.5.